The lowest BCUT2D eigenvalue weighted by atomic mass is 10.0. The van der Waals surface area contributed by atoms with Crippen molar-refractivity contribution in [2.75, 3.05) is 5.32 Å². The summed E-state index contributed by atoms with van der Waals surface area (Å²) in [6.45, 7) is 5.27. The van der Waals surface area contributed by atoms with Crippen LogP contribution in [-0.4, -0.2) is 48.8 Å². The van der Waals surface area contributed by atoms with Crippen LogP contribution in [0.25, 0.3) is 10.9 Å². The van der Waals surface area contributed by atoms with Crippen molar-refractivity contribution < 1.29 is 14.3 Å². The van der Waals surface area contributed by atoms with E-state index in [0.717, 1.165) is 16.5 Å². The predicted octanol–water partition coefficient (Wildman–Crippen LogP) is 1.77. The van der Waals surface area contributed by atoms with Crippen LogP contribution in [0.2, 0.25) is 0 Å². The highest BCUT2D eigenvalue weighted by molar-refractivity contribution is 5.96. The first kappa shape index (κ1) is 19.3. The number of anilines is 1. The van der Waals surface area contributed by atoms with Crippen molar-refractivity contribution in [1.29, 1.82) is 0 Å². The fourth-order valence-electron chi connectivity index (χ4n) is 2.88. The highest BCUT2D eigenvalue weighted by atomic mass is 16.6. The predicted molar refractivity (Wildman–Crippen MR) is 103 cm³/mol. The number of hydrogen-bond acceptors (Lipinski definition) is 6. The molecule has 1 aromatic carbocycles. The van der Waals surface area contributed by atoms with Gasteiger partial charge in [0.25, 0.3) is 5.95 Å². The summed E-state index contributed by atoms with van der Waals surface area (Å²) in [4.78, 5) is 25.0. The Balaban J connectivity index is 1.84. The van der Waals surface area contributed by atoms with Gasteiger partial charge in [-0.2, -0.15) is 5.21 Å². The molecule has 0 saturated carbocycles. The molecule has 0 aliphatic heterocycles. The van der Waals surface area contributed by atoms with Gasteiger partial charge in [0.05, 0.1) is 0 Å². The molecule has 2 amide bonds. The maximum absolute atomic E-state index is 12.7. The summed E-state index contributed by atoms with van der Waals surface area (Å²) in [5.74, 6) is -0.445. The van der Waals surface area contributed by atoms with Crippen molar-refractivity contribution in [3.63, 3.8) is 0 Å². The van der Waals surface area contributed by atoms with Crippen LogP contribution in [0, 0.1) is 0 Å². The summed E-state index contributed by atoms with van der Waals surface area (Å²) in [6, 6.07) is 6.97. The Morgan fingerprint density at radius 3 is 2.71 bits per heavy atom. The molecule has 148 valence electrons. The molecule has 3 aromatic rings. The highest BCUT2D eigenvalue weighted by Crippen LogP contribution is 2.22. The molecule has 1 atom stereocenters. The number of aromatic nitrogens is 5. The molecule has 3 rings (SSSR count). The minimum atomic E-state index is -0.890. The van der Waals surface area contributed by atoms with E-state index in [-0.39, 0.29) is 12.4 Å². The van der Waals surface area contributed by atoms with E-state index in [1.807, 2.05) is 42.1 Å². The highest BCUT2D eigenvalue weighted by Gasteiger charge is 2.26. The molecule has 0 spiro atoms. The van der Waals surface area contributed by atoms with Crippen molar-refractivity contribution in [2.45, 2.75) is 38.8 Å². The summed E-state index contributed by atoms with van der Waals surface area (Å²) in [7, 11) is 1.93. The van der Waals surface area contributed by atoms with Gasteiger partial charge in [-0.3, -0.25) is 10.1 Å². The maximum atomic E-state index is 12.7. The van der Waals surface area contributed by atoms with Crippen LogP contribution in [0.3, 0.4) is 0 Å². The van der Waals surface area contributed by atoms with E-state index in [1.165, 1.54) is 0 Å². The van der Waals surface area contributed by atoms with E-state index < -0.39 is 23.6 Å². The first-order chi connectivity index (χ1) is 13.2. The van der Waals surface area contributed by atoms with E-state index in [9.17, 15) is 9.59 Å². The van der Waals surface area contributed by atoms with Crippen LogP contribution in [0.15, 0.2) is 30.5 Å². The number of benzene rings is 1. The molecule has 0 aliphatic carbocycles. The number of tetrazole rings is 1. The van der Waals surface area contributed by atoms with Gasteiger partial charge >= 0.3 is 6.09 Å². The number of carbonyl (C=O) groups is 2. The molecular formula is C18H23N7O3. The molecule has 0 fully saturated rings. The van der Waals surface area contributed by atoms with Crippen LogP contribution in [0.5, 0.6) is 0 Å². The third-order valence-electron chi connectivity index (χ3n) is 3.99. The number of hydrogen-bond donors (Lipinski definition) is 3. The first-order valence-electron chi connectivity index (χ1n) is 8.80. The Hall–Kier alpha value is -3.43. The number of nitrogens with zero attached hydrogens (tertiary/aromatic N) is 4. The standard InChI is InChI=1S/C18H23N7O3/c1-18(2,3)28-17(27)19-13(15(26)20-16-21-23-24-22-16)9-11-10-25(4)14-8-6-5-7-12(11)14/h5-8,10,13H,9H2,1-4H3,(H,19,27)(H2,20,21,22,23,24,26)/t13-/m1/s1. The number of amides is 2. The molecule has 0 saturated heterocycles. The summed E-state index contributed by atoms with van der Waals surface area (Å²) in [5.41, 5.74) is 1.27. The summed E-state index contributed by atoms with van der Waals surface area (Å²) in [5, 5.41) is 19.3. The van der Waals surface area contributed by atoms with Gasteiger partial charge in [0.15, 0.2) is 0 Å². The SMILES string of the molecule is Cn1cc(C[C@@H](NC(=O)OC(C)(C)C)C(=O)Nc2nn[nH]n2)c2ccccc21. The Bertz CT molecular complexity index is 973. The van der Waals surface area contributed by atoms with Gasteiger partial charge in [-0.1, -0.05) is 23.3 Å². The number of aryl methyl sites for hydroxylation is 1. The van der Waals surface area contributed by atoms with E-state index in [4.69, 9.17) is 4.74 Å². The average molecular weight is 385 g/mol. The number of rotatable bonds is 5. The number of nitrogens with one attached hydrogen (secondary N) is 3. The quantitative estimate of drug-likeness (QED) is 0.614. The van der Waals surface area contributed by atoms with Crippen LogP contribution in [0.4, 0.5) is 10.7 Å². The van der Waals surface area contributed by atoms with Crippen molar-refractivity contribution >= 4 is 28.9 Å². The van der Waals surface area contributed by atoms with E-state index >= 15 is 0 Å². The van der Waals surface area contributed by atoms with Crippen molar-refractivity contribution in [2.24, 2.45) is 7.05 Å². The number of ether oxygens (including phenoxy) is 1. The lowest BCUT2D eigenvalue weighted by Crippen LogP contribution is -2.47. The third kappa shape index (κ3) is 4.64. The van der Waals surface area contributed by atoms with E-state index in [2.05, 4.69) is 31.3 Å². The van der Waals surface area contributed by atoms with Crippen LogP contribution < -0.4 is 10.6 Å². The maximum Gasteiger partial charge on any atom is 0.408 e. The fourth-order valence-corrected chi connectivity index (χ4v) is 2.88. The molecule has 0 radical (unpaired) electrons. The topological polar surface area (TPSA) is 127 Å². The minimum Gasteiger partial charge on any atom is -0.444 e. The fraction of sp³-hybridized carbons (Fsp3) is 0.389. The lowest BCUT2D eigenvalue weighted by Gasteiger charge is -2.23. The molecular weight excluding hydrogens is 362 g/mol. The minimum absolute atomic E-state index is 0.0268. The Morgan fingerprint density at radius 1 is 1.29 bits per heavy atom. The smallest absolute Gasteiger partial charge is 0.408 e. The average Bonchev–Trinajstić information content (AvgIpc) is 3.21. The van der Waals surface area contributed by atoms with Gasteiger partial charge in [0, 0.05) is 30.6 Å². The van der Waals surface area contributed by atoms with Gasteiger partial charge in [0.1, 0.15) is 11.6 Å². The first-order valence-corrected chi connectivity index (χ1v) is 8.80. The summed E-state index contributed by atoms with van der Waals surface area (Å²) < 4.78 is 7.28. The largest absolute Gasteiger partial charge is 0.444 e. The van der Waals surface area contributed by atoms with E-state index in [1.54, 1.807) is 20.8 Å². The number of para-hydroxylation sites is 1. The second-order valence-electron chi connectivity index (χ2n) is 7.41. The summed E-state index contributed by atoms with van der Waals surface area (Å²) in [6.07, 6.45) is 1.53. The van der Waals surface area contributed by atoms with Crippen LogP contribution in [0.1, 0.15) is 26.3 Å². The van der Waals surface area contributed by atoms with Crippen LogP contribution in [-0.2, 0) is 23.0 Å². The molecule has 3 N–H and O–H groups in total. The number of H-pyrrole nitrogens is 1. The number of fused-ring (bicyclic) bond motifs is 1. The monoisotopic (exact) mass is 385 g/mol. The van der Waals surface area contributed by atoms with Crippen molar-refractivity contribution in [1.82, 2.24) is 30.5 Å². The molecule has 28 heavy (non-hydrogen) atoms. The Labute approximate surface area is 161 Å². The van der Waals surface area contributed by atoms with Crippen molar-refractivity contribution in [3.05, 3.63) is 36.0 Å². The Kier molecular flexibility index (Phi) is 5.30. The molecule has 0 aliphatic rings. The number of carbonyl (C=O) groups excluding carboxylic acids is 2. The van der Waals surface area contributed by atoms with Gasteiger partial charge < -0.3 is 14.6 Å². The lowest BCUT2D eigenvalue weighted by molar-refractivity contribution is -0.118. The zero-order chi connectivity index (χ0) is 20.3. The normalized spacial score (nSPS) is 12.6. The molecule has 2 aromatic heterocycles. The number of aromatic amines is 1. The van der Waals surface area contributed by atoms with Gasteiger partial charge in [-0.05, 0) is 37.6 Å². The number of alkyl carbamates (subject to hydrolysis) is 1. The second-order valence-corrected chi connectivity index (χ2v) is 7.41. The zero-order valence-electron chi connectivity index (χ0n) is 16.2. The van der Waals surface area contributed by atoms with E-state index in [0.29, 0.717) is 0 Å². The molecule has 10 heteroatoms. The molecule has 0 bridgehead atoms. The van der Waals surface area contributed by atoms with Gasteiger partial charge in [-0.25, -0.2) is 4.79 Å². The van der Waals surface area contributed by atoms with Gasteiger partial charge in [-0.15, -0.1) is 5.10 Å². The second kappa shape index (κ2) is 7.67. The molecule has 2 heterocycles. The van der Waals surface area contributed by atoms with Crippen LogP contribution >= 0.6 is 0 Å². The Morgan fingerprint density at radius 2 is 2.04 bits per heavy atom. The molecule has 10 nitrogen and oxygen atoms in total. The molecule has 0 unspecified atom stereocenters. The van der Waals surface area contributed by atoms with Gasteiger partial charge in [0.2, 0.25) is 5.91 Å². The summed E-state index contributed by atoms with van der Waals surface area (Å²) >= 11 is 0. The van der Waals surface area contributed by atoms with Crippen molar-refractivity contribution in [3.8, 4) is 0 Å². The zero-order valence-corrected chi connectivity index (χ0v) is 16.2. The third-order valence-corrected chi connectivity index (χ3v) is 3.99.